The van der Waals surface area contributed by atoms with Crippen LogP contribution in [0, 0.1) is 0 Å². The van der Waals surface area contributed by atoms with E-state index in [2.05, 4.69) is 205 Å². The van der Waals surface area contributed by atoms with Gasteiger partial charge in [0.2, 0.25) is 0 Å². The summed E-state index contributed by atoms with van der Waals surface area (Å²) in [6.45, 7) is 6.49. The molecule has 0 bridgehead atoms. The van der Waals surface area contributed by atoms with Gasteiger partial charge in [0.25, 0.3) is 0 Å². The van der Waals surface area contributed by atoms with Crippen LogP contribution in [0.3, 0.4) is 0 Å². The largest absolute Gasteiger partial charge is 0.309 e. The summed E-state index contributed by atoms with van der Waals surface area (Å²) in [5, 5.41) is 4.99. The van der Waals surface area contributed by atoms with Crippen LogP contribution < -0.4 is 0 Å². The summed E-state index contributed by atoms with van der Waals surface area (Å²) < 4.78 is 4.86. The van der Waals surface area contributed by atoms with Gasteiger partial charge in [-0.1, -0.05) is 159 Å². The summed E-state index contributed by atoms with van der Waals surface area (Å²) in [5.74, 6) is 0. The van der Waals surface area contributed by atoms with Crippen LogP contribution in [0.5, 0.6) is 0 Å². The van der Waals surface area contributed by atoms with Crippen molar-refractivity contribution in [2.24, 2.45) is 0 Å². The standard InChI is InChI=1S/C53H40N2/c1-3-15-38-18-14-22-43(42(38)4-2)44-19-8-12-24-50(44)55-51-25-13-10-21-46(51)48-34-39(29-33-52(48)55)40-28-32-47-45-20-9-11-23-49(45)54(53(47)35-40)41-30-26-37(27-31-41)36-16-6-5-7-17-36/h4-14,16-35H,2-3,15H2,1H3. The summed E-state index contributed by atoms with van der Waals surface area (Å²) in [4.78, 5) is 0. The maximum atomic E-state index is 4.25. The van der Waals surface area contributed by atoms with Crippen LogP contribution in [0.25, 0.3) is 94.4 Å². The smallest absolute Gasteiger partial charge is 0.0547 e. The lowest BCUT2D eigenvalue weighted by molar-refractivity contribution is 0.920. The lowest BCUT2D eigenvalue weighted by Crippen LogP contribution is -1.99. The molecule has 262 valence electrons. The van der Waals surface area contributed by atoms with Crippen LogP contribution in [0.2, 0.25) is 0 Å². The Morgan fingerprint density at radius 1 is 0.436 bits per heavy atom. The predicted molar refractivity (Wildman–Crippen MR) is 236 cm³/mol. The molecular weight excluding hydrogens is 665 g/mol. The summed E-state index contributed by atoms with van der Waals surface area (Å²) in [7, 11) is 0. The van der Waals surface area contributed by atoms with E-state index < -0.39 is 0 Å². The van der Waals surface area contributed by atoms with Crippen molar-refractivity contribution in [1.82, 2.24) is 9.13 Å². The molecule has 2 heteroatoms. The van der Waals surface area contributed by atoms with E-state index in [9.17, 15) is 0 Å². The summed E-state index contributed by atoms with van der Waals surface area (Å²) in [5.41, 5.74) is 16.9. The van der Waals surface area contributed by atoms with Gasteiger partial charge in [0.05, 0.1) is 27.8 Å². The lowest BCUT2D eigenvalue weighted by Gasteiger charge is -2.17. The second kappa shape index (κ2) is 13.5. The topological polar surface area (TPSA) is 9.86 Å². The minimum atomic E-state index is 1.03. The van der Waals surface area contributed by atoms with Gasteiger partial charge in [-0.3, -0.25) is 0 Å². The minimum Gasteiger partial charge on any atom is -0.309 e. The van der Waals surface area contributed by atoms with Gasteiger partial charge < -0.3 is 9.13 Å². The van der Waals surface area contributed by atoms with Crippen LogP contribution >= 0.6 is 0 Å². The highest BCUT2D eigenvalue weighted by Crippen LogP contribution is 2.41. The fourth-order valence-electron chi connectivity index (χ4n) is 8.75. The third kappa shape index (κ3) is 5.41. The molecule has 0 N–H and O–H groups in total. The van der Waals surface area contributed by atoms with Gasteiger partial charge >= 0.3 is 0 Å². The molecule has 2 nitrogen and oxygen atoms in total. The van der Waals surface area contributed by atoms with Crippen LogP contribution in [0.1, 0.15) is 24.5 Å². The Kier molecular flexibility index (Phi) is 8.03. The highest BCUT2D eigenvalue weighted by atomic mass is 15.0. The summed E-state index contributed by atoms with van der Waals surface area (Å²) in [6, 6.07) is 66.6. The van der Waals surface area contributed by atoms with Gasteiger partial charge in [-0.25, -0.2) is 0 Å². The molecule has 0 unspecified atom stereocenters. The van der Waals surface area contributed by atoms with Gasteiger partial charge in [-0.15, -0.1) is 0 Å². The lowest BCUT2D eigenvalue weighted by atomic mass is 9.92. The van der Waals surface area contributed by atoms with E-state index in [0.29, 0.717) is 0 Å². The molecule has 2 aromatic heterocycles. The zero-order chi connectivity index (χ0) is 36.9. The molecule has 2 heterocycles. The Labute approximate surface area is 321 Å². The van der Waals surface area contributed by atoms with Crippen molar-refractivity contribution in [3.63, 3.8) is 0 Å². The molecule has 0 saturated heterocycles. The molecule has 0 aliphatic rings. The molecule has 0 radical (unpaired) electrons. The first kappa shape index (κ1) is 32.7. The van der Waals surface area contributed by atoms with E-state index in [1.54, 1.807) is 0 Å². The van der Waals surface area contributed by atoms with Crippen LogP contribution in [-0.2, 0) is 6.42 Å². The SMILES string of the molecule is C=Cc1c(CCC)cccc1-c1ccccc1-n1c2ccccc2c2cc(-c3ccc4c5ccccc5n(-c5ccc(-c6ccccc6)cc5)c4c3)ccc21. The number of aromatic nitrogens is 2. The molecule has 0 aliphatic heterocycles. The van der Waals surface area contributed by atoms with Crippen LogP contribution in [0.15, 0.2) is 189 Å². The van der Waals surface area contributed by atoms with Gasteiger partial charge in [0.1, 0.15) is 0 Å². The number of para-hydroxylation sites is 3. The monoisotopic (exact) mass is 704 g/mol. The fraction of sp³-hybridized carbons (Fsp3) is 0.0566. The zero-order valence-corrected chi connectivity index (χ0v) is 30.9. The van der Waals surface area contributed by atoms with Crippen molar-refractivity contribution in [2.75, 3.05) is 0 Å². The average Bonchev–Trinajstić information content (AvgIpc) is 3.76. The van der Waals surface area contributed by atoms with E-state index in [1.165, 1.54) is 93.8 Å². The van der Waals surface area contributed by atoms with Crippen molar-refractivity contribution in [3.8, 4) is 44.8 Å². The number of fused-ring (bicyclic) bond motifs is 6. The molecule has 0 aliphatic carbocycles. The number of aryl methyl sites for hydroxylation is 1. The molecule has 8 aromatic carbocycles. The number of nitrogens with zero attached hydrogens (tertiary/aromatic N) is 2. The Morgan fingerprint density at radius 2 is 1.02 bits per heavy atom. The van der Waals surface area contributed by atoms with Crippen molar-refractivity contribution in [2.45, 2.75) is 19.8 Å². The highest BCUT2D eigenvalue weighted by Gasteiger charge is 2.19. The van der Waals surface area contributed by atoms with Gasteiger partial charge in [-0.05, 0) is 93.9 Å². The minimum absolute atomic E-state index is 1.03. The molecule has 10 rings (SSSR count). The molecule has 0 spiro atoms. The van der Waals surface area contributed by atoms with Gasteiger partial charge in [0.15, 0.2) is 0 Å². The third-order valence-corrected chi connectivity index (χ3v) is 11.3. The Balaban J connectivity index is 1.13. The predicted octanol–water partition coefficient (Wildman–Crippen LogP) is 14.5. The first-order valence-corrected chi connectivity index (χ1v) is 19.3. The molecule has 55 heavy (non-hydrogen) atoms. The Hall–Kier alpha value is -6.90. The first-order valence-electron chi connectivity index (χ1n) is 19.3. The molecule has 0 fully saturated rings. The molecule has 0 saturated carbocycles. The fourth-order valence-corrected chi connectivity index (χ4v) is 8.75. The van der Waals surface area contributed by atoms with E-state index in [-0.39, 0.29) is 0 Å². The van der Waals surface area contributed by atoms with Crippen molar-refractivity contribution in [3.05, 3.63) is 200 Å². The number of hydrogen-bond acceptors (Lipinski definition) is 0. The molecule has 0 atom stereocenters. The summed E-state index contributed by atoms with van der Waals surface area (Å²) in [6.07, 6.45) is 4.16. The average molecular weight is 705 g/mol. The highest BCUT2D eigenvalue weighted by molar-refractivity contribution is 6.13. The second-order valence-electron chi connectivity index (χ2n) is 14.4. The molecule has 10 aromatic rings. The Morgan fingerprint density at radius 3 is 1.80 bits per heavy atom. The number of rotatable bonds is 8. The van der Waals surface area contributed by atoms with Gasteiger partial charge in [0, 0.05) is 32.8 Å². The maximum Gasteiger partial charge on any atom is 0.0547 e. The van der Waals surface area contributed by atoms with Crippen LogP contribution in [-0.4, -0.2) is 9.13 Å². The van der Waals surface area contributed by atoms with E-state index in [1.807, 2.05) is 6.08 Å². The van der Waals surface area contributed by atoms with Crippen LogP contribution in [0.4, 0.5) is 0 Å². The summed E-state index contributed by atoms with van der Waals surface area (Å²) >= 11 is 0. The third-order valence-electron chi connectivity index (χ3n) is 11.3. The second-order valence-corrected chi connectivity index (χ2v) is 14.4. The van der Waals surface area contributed by atoms with E-state index in [0.717, 1.165) is 18.5 Å². The normalized spacial score (nSPS) is 11.6. The first-order chi connectivity index (χ1) is 27.2. The molecular formula is C53H40N2. The number of hydrogen-bond donors (Lipinski definition) is 0. The number of benzene rings is 8. The quantitative estimate of drug-likeness (QED) is 0.149. The van der Waals surface area contributed by atoms with Crippen molar-refractivity contribution in [1.29, 1.82) is 0 Å². The van der Waals surface area contributed by atoms with Crippen molar-refractivity contribution >= 4 is 49.7 Å². The van der Waals surface area contributed by atoms with E-state index in [4.69, 9.17) is 0 Å². The molecule has 0 amide bonds. The Bertz CT molecular complexity index is 3050. The van der Waals surface area contributed by atoms with E-state index >= 15 is 0 Å². The van der Waals surface area contributed by atoms with Crippen molar-refractivity contribution < 1.29 is 0 Å². The van der Waals surface area contributed by atoms with Gasteiger partial charge in [-0.2, -0.15) is 0 Å². The zero-order valence-electron chi connectivity index (χ0n) is 30.9. The maximum absolute atomic E-state index is 4.25.